The first-order valence-corrected chi connectivity index (χ1v) is 7.40. The third-order valence-corrected chi connectivity index (χ3v) is 4.38. The van der Waals surface area contributed by atoms with E-state index in [9.17, 15) is 14.0 Å². The van der Waals surface area contributed by atoms with Crippen LogP contribution in [0, 0.1) is 5.82 Å². The lowest BCUT2D eigenvalue weighted by molar-refractivity contribution is -0.131. The number of halogens is 1. The molecule has 5 nitrogen and oxygen atoms in total. The number of likely N-dealkylation sites (tertiary alicyclic amines) is 2. The van der Waals surface area contributed by atoms with E-state index in [1.165, 1.54) is 12.1 Å². The summed E-state index contributed by atoms with van der Waals surface area (Å²) in [5.74, 6) is -0.397. The Bertz CT molecular complexity index is 602. The molecular weight excluding hydrogens is 285 g/mol. The second-order valence-electron chi connectivity index (χ2n) is 5.69. The lowest BCUT2D eigenvalue weighted by atomic mass is 10.1. The van der Waals surface area contributed by atoms with Crippen molar-refractivity contribution in [3.05, 3.63) is 42.5 Å². The first kappa shape index (κ1) is 14.7. The number of carbonyl (C=O) groups is 2. The summed E-state index contributed by atoms with van der Waals surface area (Å²) in [5.41, 5.74) is 0.544. The molecule has 0 aliphatic carbocycles. The van der Waals surface area contributed by atoms with Gasteiger partial charge in [-0.25, -0.2) is 4.39 Å². The maximum absolute atomic E-state index is 12.9. The Hall–Kier alpha value is -2.24. The molecule has 1 aromatic heterocycles. The number of hydrogen-bond donors (Lipinski definition) is 0. The van der Waals surface area contributed by atoms with Gasteiger partial charge in [0, 0.05) is 25.2 Å². The SMILES string of the molecule is C=CCN1C(=O)CC2C1CCN2C(=O)Cc1ccc(F)cn1. The van der Waals surface area contributed by atoms with E-state index in [0.717, 1.165) is 12.6 Å². The number of hydrogen-bond acceptors (Lipinski definition) is 3. The maximum atomic E-state index is 12.9. The minimum atomic E-state index is -0.418. The van der Waals surface area contributed by atoms with Crippen molar-refractivity contribution < 1.29 is 14.0 Å². The van der Waals surface area contributed by atoms with Crippen LogP contribution in [0.5, 0.6) is 0 Å². The number of fused-ring (bicyclic) bond motifs is 1. The third kappa shape index (κ3) is 2.61. The van der Waals surface area contributed by atoms with Crippen LogP contribution in [-0.4, -0.2) is 51.8 Å². The van der Waals surface area contributed by atoms with Crippen molar-refractivity contribution in [3.8, 4) is 0 Å². The molecule has 2 aliphatic rings. The maximum Gasteiger partial charge on any atom is 0.228 e. The standard InChI is InChI=1S/C16H18FN3O2/c1-2-6-19-13-5-7-20(14(13)9-16(19)22)15(21)8-12-4-3-11(17)10-18-12/h2-4,10,13-14H,1,5-9H2. The van der Waals surface area contributed by atoms with Gasteiger partial charge >= 0.3 is 0 Å². The number of nitrogens with zero attached hydrogens (tertiary/aromatic N) is 3. The summed E-state index contributed by atoms with van der Waals surface area (Å²) in [6, 6.07) is 2.86. The van der Waals surface area contributed by atoms with E-state index in [-0.39, 0.29) is 30.3 Å². The molecule has 22 heavy (non-hydrogen) atoms. The van der Waals surface area contributed by atoms with E-state index >= 15 is 0 Å². The van der Waals surface area contributed by atoms with Crippen molar-refractivity contribution in [1.29, 1.82) is 0 Å². The van der Waals surface area contributed by atoms with Gasteiger partial charge in [-0.15, -0.1) is 6.58 Å². The lowest BCUT2D eigenvalue weighted by Crippen LogP contribution is -2.40. The summed E-state index contributed by atoms with van der Waals surface area (Å²) in [6.07, 6.45) is 4.14. The topological polar surface area (TPSA) is 53.5 Å². The molecule has 2 aliphatic heterocycles. The molecule has 0 radical (unpaired) electrons. The molecule has 116 valence electrons. The van der Waals surface area contributed by atoms with Gasteiger partial charge in [0.25, 0.3) is 0 Å². The predicted octanol–water partition coefficient (Wildman–Crippen LogP) is 1.15. The van der Waals surface area contributed by atoms with Crippen molar-refractivity contribution in [2.75, 3.05) is 13.1 Å². The number of carbonyl (C=O) groups excluding carboxylic acids is 2. The van der Waals surface area contributed by atoms with E-state index in [0.29, 0.717) is 25.2 Å². The van der Waals surface area contributed by atoms with Gasteiger partial charge < -0.3 is 9.80 Å². The monoisotopic (exact) mass is 303 g/mol. The Morgan fingerprint density at radius 3 is 2.95 bits per heavy atom. The lowest BCUT2D eigenvalue weighted by Gasteiger charge is -2.24. The van der Waals surface area contributed by atoms with Crippen molar-refractivity contribution in [2.24, 2.45) is 0 Å². The zero-order valence-corrected chi connectivity index (χ0v) is 12.2. The summed E-state index contributed by atoms with van der Waals surface area (Å²) < 4.78 is 12.9. The van der Waals surface area contributed by atoms with Crippen LogP contribution < -0.4 is 0 Å². The molecule has 0 spiro atoms. The van der Waals surface area contributed by atoms with Gasteiger partial charge in [0.2, 0.25) is 11.8 Å². The average Bonchev–Trinajstić information content (AvgIpc) is 3.02. The molecule has 2 amide bonds. The van der Waals surface area contributed by atoms with Crippen molar-refractivity contribution in [1.82, 2.24) is 14.8 Å². The molecule has 1 aromatic rings. The highest BCUT2D eigenvalue weighted by atomic mass is 19.1. The first-order valence-electron chi connectivity index (χ1n) is 7.40. The molecule has 0 bridgehead atoms. The molecule has 3 heterocycles. The zero-order chi connectivity index (χ0) is 15.7. The van der Waals surface area contributed by atoms with E-state index in [1.54, 1.807) is 15.9 Å². The van der Waals surface area contributed by atoms with Gasteiger partial charge in [-0.3, -0.25) is 14.6 Å². The Morgan fingerprint density at radius 1 is 1.45 bits per heavy atom. The van der Waals surface area contributed by atoms with Crippen molar-refractivity contribution in [2.45, 2.75) is 31.3 Å². The Morgan fingerprint density at radius 2 is 2.27 bits per heavy atom. The van der Waals surface area contributed by atoms with Crippen molar-refractivity contribution >= 4 is 11.8 Å². The highest BCUT2D eigenvalue weighted by Crippen LogP contribution is 2.32. The summed E-state index contributed by atoms with van der Waals surface area (Å²) in [7, 11) is 0. The zero-order valence-electron chi connectivity index (χ0n) is 12.2. The number of aromatic nitrogens is 1. The van der Waals surface area contributed by atoms with Crippen LogP contribution in [0.15, 0.2) is 31.0 Å². The highest BCUT2D eigenvalue weighted by Gasteiger charge is 2.47. The van der Waals surface area contributed by atoms with E-state index < -0.39 is 5.82 Å². The minimum absolute atomic E-state index is 0.0552. The van der Waals surface area contributed by atoms with Gasteiger partial charge in [-0.1, -0.05) is 6.08 Å². The number of pyridine rings is 1. The molecule has 2 fully saturated rings. The Kier molecular flexibility index (Phi) is 3.92. The van der Waals surface area contributed by atoms with Gasteiger partial charge in [0.15, 0.2) is 0 Å². The predicted molar refractivity (Wildman–Crippen MR) is 78.3 cm³/mol. The fourth-order valence-electron chi connectivity index (χ4n) is 3.38. The summed E-state index contributed by atoms with van der Waals surface area (Å²) in [5, 5.41) is 0. The highest BCUT2D eigenvalue weighted by molar-refractivity contribution is 5.84. The molecule has 0 saturated carbocycles. The molecule has 0 N–H and O–H groups in total. The summed E-state index contributed by atoms with van der Waals surface area (Å²) >= 11 is 0. The summed E-state index contributed by atoms with van der Waals surface area (Å²) in [4.78, 5) is 32.0. The van der Waals surface area contributed by atoms with Gasteiger partial charge in [0.05, 0.1) is 24.7 Å². The molecule has 0 aromatic carbocycles. The van der Waals surface area contributed by atoms with Crippen LogP contribution in [0.1, 0.15) is 18.5 Å². The molecule has 3 rings (SSSR count). The Balaban J connectivity index is 1.68. The van der Waals surface area contributed by atoms with Crippen LogP contribution in [0.2, 0.25) is 0 Å². The van der Waals surface area contributed by atoms with Gasteiger partial charge in [-0.05, 0) is 18.6 Å². The fraction of sp³-hybridized carbons (Fsp3) is 0.438. The fourth-order valence-corrected chi connectivity index (χ4v) is 3.38. The average molecular weight is 303 g/mol. The minimum Gasteiger partial charge on any atom is -0.337 e. The molecule has 2 unspecified atom stereocenters. The van der Waals surface area contributed by atoms with E-state index in [2.05, 4.69) is 11.6 Å². The quantitative estimate of drug-likeness (QED) is 0.784. The third-order valence-electron chi connectivity index (χ3n) is 4.38. The smallest absolute Gasteiger partial charge is 0.228 e. The van der Waals surface area contributed by atoms with Crippen molar-refractivity contribution in [3.63, 3.8) is 0 Å². The van der Waals surface area contributed by atoms with E-state index in [4.69, 9.17) is 0 Å². The largest absolute Gasteiger partial charge is 0.337 e. The first-order chi connectivity index (χ1) is 10.6. The number of rotatable bonds is 4. The van der Waals surface area contributed by atoms with Gasteiger partial charge in [-0.2, -0.15) is 0 Å². The second-order valence-corrected chi connectivity index (χ2v) is 5.69. The van der Waals surface area contributed by atoms with Crippen LogP contribution in [-0.2, 0) is 16.0 Å². The van der Waals surface area contributed by atoms with Gasteiger partial charge in [0.1, 0.15) is 5.82 Å². The molecule has 2 saturated heterocycles. The normalized spacial score (nSPS) is 23.8. The Labute approximate surface area is 128 Å². The summed E-state index contributed by atoms with van der Waals surface area (Å²) in [6.45, 7) is 4.85. The number of amides is 2. The molecule has 6 heteroatoms. The van der Waals surface area contributed by atoms with Crippen LogP contribution >= 0.6 is 0 Å². The van der Waals surface area contributed by atoms with Crippen LogP contribution in [0.4, 0.5) is 4.39 Å². The van der Waals surface area contributed by atoms with Crippen LogP contribution in [0.3, 0.4) is 0 Å². The van der Waals surface area contributed by atoms with E-state index in [1.807, 2.05) is 0 Å². The molecule has 2 atom stereocenters. The van der Waals surface area contributed by atoms with Crippen LogP contribution in [0.25, 0.3) is 0 Å². The molecular formula is C16H18FN3O2. The second kappa shape index (κ2) is 5.87.